The number of methoxy groups -OCH3 is 1. The van der Waals surface area contributed by atoms with Gasteiger partial charge in [-0.05, 0) is 32.2 Å². The lowest BCUT2D eigenvalue weighted by atomic mass is 9.92. The molecule has 17 heavy (non-hydrogen) atoms. The molecule has 2 aliphatic rings. The summed E-state index contributed by atoms with van der Waals surface area (Å²) in [7, 11) is 1.73. The highest BCUT2D eigenvalue weighted by molar-refractivity contribution is 5.87. The highest BCUT2D eigenvalue weighted by Crippen LogP contribution is 2.28. The smallest absolute Gasteiger partial charge is 0.242 e. The molecule has 4 heteroatoms. The maximum Gasteiger partial charge on any atom is 0.242 e. The van der Waals surface area contributed by atoms with Gasteiger partial charge in [-0.3, -0.25) is 4.79 Å². The first-order chi connectivity index (χ1) is 8.22. The standard InChI is InChI=1S/C13H24N2O2/c1-3-13(6-4-7-14-13)12(16)15-8-5-11(9-15)10-17-2/h11,14H,3-10H2,1-2H3. The van der Waals surface area contributed by atoms with Gasteiger partial charge >= 0.3 is 0 Å². The van der Waals surface area contributed by atoms with E-state index in [4.69, 9.17) is 4.74 Å². The first kappa shape index (κ1) is 12.8. The van der Waals surface area contributed by atoms with E-state index in [0.717, 1.165) is 51.9 Å². The number of rotatable bonds is 4. The molecule has 2 rings (SSSR count). The lowest BCUT2D eigenvalue weighted by Crippen LogP contribution is -2.54. The summed E-state index contributed by atoms with van der Waals surface area (Å²) in [6, 6.07) is 0. The number of nitrogens with one attached hydrogen (secondary N) is 1. The predicted molar refractivity (Wildman–Crippen MR) is 66.8 cm³/mol. The summed E-state index contributed by atoms with van der Waals surface area (Å²) in [6.07, 6.45) is 4.10. The van der Waals surface area contributed by atoms with Gasteiger partial charge in [-0.25, -0.2) is 0 Å². The van der Waals surface area contributed by atoms with Crippen LogP contribution in [0.2, 0.25) is 0 Å². The summed E-state index contributed by atoms with van der Waals surface area (Å²) in [5.41, 5.74) is -0.262. The Kier molecular flexibility index (Phi) is 4.05. The van der Waals surface area contributed by atoms with Gasteiger partial charge in [-0.1, -0.05) is 6.92 Å². The summed E-state index contributed by atoms with van der Waals surface area (Å²) in [5.74, 6) is 0.843. The average molecular weight is 240 g/mol. The lowest BCUT2D eigenvalue weighted by molar-refractivity contribution is -0.137. The third-order valence-corrected chi connectivity index (χ3v) is 4.23. The molecule has 0 spiro atoms. The normalized spacial score (nSPS) is 33.3. The quantitative estimate of drug-likeness (QED) is 0.797. The number of likely N-dealkylation sites (tertiary alicyclic amines) is 1. The van der Waals surface area contributed by atoms with Crippen LogP contribution in [0.3, 0.4) is 0 Å². The summed E-state index contributed by atoms with van der Waals surface area (Å²) in [6.45, 7) is 5.64. The minimum absolute atomic E-state index is 0.262. The molecule has 4 nitrogen and oxygen atoms in total. The molecule has 2 heterocycles. The van der Waals surface area contributed by atoms with Crippen molar-refractivity contribution in [1.82, 2.24) is 10.2 Å². The van der Waals surface area contributed by atoms with Crippen LogP contribution < -0.4 is 5.32 Å². The maximum absolute atomic E-state index is 12.6. The number of amides is 1. The van der Waals surface area contributed by atoms with Crippen molar-refractivity contribution in [2.45, 2.75) is 38.1 Å². The zero-order chi connectivity index (χ0) is 12.3. The third kappa shape index (κ3) is 2.47. The highest BCUT2D eigenvalue weighted by Gasteiger charge is 2.43. The summed E-state index contributed by atoms with van der Waals surface area (Å²) < 4.78 is 5.18. The van der Waals surface area contributed by atoms with E-state index >= 15 is 0 Å². The molecule has 1 amide bonds. The van der Waals surface area contributed by atoms with Crippen molar-refractivity contribution in [3.05, 3.63) is 0 Å². The molecule has 0 aliphatic carbocycles. The fraction of sp³-hybridized carbons (Fsp3) is 0.923. The molecule has 2 saturated heterocycles. The summed E-state index contributed by atoms with van der Waals surface area (Å²) in [4.78, 5) is 14.6. The van der Waals surface area contributed by atoms with Crippen molar-refractivity contribution in [2.75, 3.05) is 33.4 Å². The van der Waals surface area contributed by atoms with Crippen molar-refractivity contribution in [2.24, 2.45) is 5.92 Å². The van der Waals surface area contributed by atoms with Crippen molar-refractivity contribution >= 4 is 5.91 Å². The van der Waals surface area contributed by atoms with E-state index in [0.29, 0.717) is 11.8 Å². The molecule has 0 saturated carbocycles. The van der Waals surface area contributed by atoms with E-state index < -0.39 is 0 Å². The molecule has 2 aliphatic heterocycles. The minimum atomic E-state index is -0.262. The number of ether oxygens (including phenoxy) is 1. The van der Waals surface area contributed by atoms with E-state index in [-0.39, 0.29) is 5.54 Å². The Morgan fingerprint density at radius 1 is 1.59 bits per heavy atom. The Balaban J connectivity index is 1.96. The zero-order valence-corrected chi connectivity index (χ0v) is 11.0. The first-order valence-corrected chi connectivity index (χ1v) is 6.75. The van der Waals surface area contributed by atoms with Crippen LogP contribution in [0.5, 0.6) is 0 Å². The first-order valence-electron chi connectivity index (χ1n) is 6.75. The largest absolute Gasteiger partial charge is 0.384 e. The number of hydrogen-bond acceptors (Lipinski definition) is 3. The highest BCUT2D eigenvalue weighted by atomic mass is 16.5. The van der Waals surface area contributed by atoms with E-state index in [1.54, 1.807) is 7.11 Å². The van der Waals surface area contributed by atoms with Crippen LogP contribution in [0.25, 0.3) is 0 Å². The van der Waals surface area contributed by atoms with Gasteiger partial charge in [0.1, 0.15) is 0 Å². The maximum atomic E-state index is 12.6. The molecular weight excluding hydrogens is 216 g/mol. The molecule has 0 aromatic heterocycles. The van der Waals surface area contributed by atoms with E-state index in [1.165, 1.54) is 0 Å². The Morgan fingerprint density at radius 3 is 3.00 bits per heavy atom. The van der Waals surface area contributed by atoms with Gasteiger partial charge in [0.25, 0.3) is 0 Å². The minimum Gasteiger partial charge on any atom is -0.384 e. The van der Waals surface area contributed by atoms with Gasteiger partial charge in [0, 0.05) is 26.1 Å². The molecule has 1 N–H and O–H groups in total. The van der Waals surface area contributed by atoms with Crippen molar-refractivity contribution < 1.29 is 9.53 Å². The monoisotopic (exact) mass is 240 g/mol. The second-order valence-electron chi connectivity index (χ2n) is 5.33. The zero-order valence-electron chi connectivity index (χ0n) is 11.0. The Labute approximate surface area is 104 Å². The van der Waals surface area contributed by atoms with Crippen LogP contribution in [0.1, 0.15) is 32.6 Å². The van der Waals surface area contributed by atoms with Gasteiger partial charge in [0.05, 0.1) is 12.1 Å². The molecule has 2 fully saturated rings. The van der Waals surface area contributed by atoms with E-state index in [2.05, 4.69) is 12.2 Å². The molecule has 2 unspecified atom stereocenters. The summed E-state index contributed by atoms with van der Waals surface area (Å²) in [5, 5.41) is 3.42. The SMILES string of the molecule is CCC1(C(=O)N2CCC(COC)C2)CCCN1. The van der Waals surface area contributed by atoms with E-state index in [9.17, 15) is 4.79 Å². The van der Waals surface area contributed by atoms with Crippen molar-refractivity contribution in [3.8, 4) is 0 Å². The summed E-state index contributed by atoms with van der Waals surface area (Å²) >= 11 is 0. The van der Waals surface area contributed by atoms with Crippen LogP contribution in [-0.2, 0) is 9.53 Å². The predicted octanol–water partition coefficient (Wildman–Crippen LogP) is 1.01. The number of carbonyl (C=O) groups is 1. The van der Waals surface area contributed by atoms with Crippen LogP contribution in [-0.4, -0.2) is 49.7 Å². The second kappa shape index (κ2) is 5.36. The molecule has 0 radical (unpaired) electrons. The average Bonchev–Trinajstić information content (AvgIpc) is 2.98. The van der Waals surface area contributed by atoms with Gasteiger partial charge in [0.15, 0.2) is 0 Å². The Hall–Kier alpha value is -0.610. The molecule has 2 atom stereocenters. The fourth-order valence-electron chi connectivity index (χ4n) is 3.13. The van der Waals surface area contributed by atoms with Gasteiger partial charge in [0.2, 0.25) is 5.91 Å². The lowest BCUT2D eigenvalue weighted by Gasteiger charge is -2.31. The second-order valence-corrected chi connectivity index (χ2v) is 5.33. The van der Waals surface area contributed by atoms with Crippen LogP contribution >= 0.6 is 0 Å². The van der Waals surface area contributed by atoms with Crippen molar-refractivity contribution in [3.63, 3.8) is 0 Å². The van der Waals surface area contributed by atoms with Crippen LogP contribution in [0, 0.1) is 5.92 Å². The van der Waals surface area contributed by atoms with Crippen LogP contribution in [0.15, 0.2) is 0 Å². The van der Waals surface area contributed by atoms with Gasteiger partial charge < -0.3 is 15.0 Å². The topological polar surface area (TPSA) is 41.6 Å². The number of carbonyl (C=O) groups excluding carboxylic acids is 1. The number of nitrogens with zero attached hydrogens (tertiary/aromatic N) is 1. The van der Waals surface area contributed by atoms with Gasteiger partial charge in [-0.2, -0.15) is 0 Å². The molecule has 0 aromatic carbocycles. The number of hydrogen-bond donors (Lipinski definition) is 1. The Morgan fingerprint density at radius 2 is 2.41 bits per heavy atom. The molecular formula is C13H24N2O2. The fourth-order valence-corrected chi connectivity index (χ4v) is 3.13. The van der Waals surface area contributed by atoms with Crippen LogP contribution in [0.4, 0.5) is 0 Å². The van der Waals surface area contributed by atoms with Crippen molar-refractivity contribution in [1.29, 1.82) is 0 Å². The molecule has 0 aromatic rings. The third-order valence-electron chi connectivity index (χ3n) is 4.23. The van der Waals surface area contributed by atoms with Gasteiger partial charge in [-0.15, -0.1) is 0 Å². The molecule has 98 valence electrons. The van der Waals surface area contributed by atoms with E-state index in [1.807, 2.05) is 4.90 Å². The Bertz CT molecular complexity index is 275. The molecule has 0 bridgehead atoms.